The Morgan fingerprint density at radius 2 is 2.29 bits per heavy atom. The fraction of sp³-hybridized carbons (Fsp3) is 0.400. The lowest BCUT2D eigenvalue weighted by molar-refractivity contribution is -0.147. The van der Waals surface area contributed by atoms with Crippen molar-refractivity contribution in [2.24, 2.45) is 0 Å². The molecule has 0 aliphatic heterocycles. The number of rotatable bonds is 6. The van der Waals surface area contributed by atoms with Gasteiger partial charge in [0.05, 0.1) is 19.4 Å². The third kappa shape index (κ3) is 4.56. The summed E-state index contributed by atoms with van der Waals surface area (Å²) in [6, 6.07) is 2.94. The van der Waals surface area contributed by atoms with Crippen molar-refractivity contribution in [3.8, 4) is 0 Å². The third-order valence-corrected chi connectivity index (χ3v) is 2.01. The number of furan rings is 1. The molecule has 94 valence electrons. The van der Waals surface area contributed by atoms with Crippen LogP contribution in [0.2, 0.25) is 0 Å². The predicted octanol–water partition coefficient (Wildman–Crippen LogP) is 0.178. The number of urea groups is 1. The first-order valence-corrected chi connectivity index (χ1v) is 4.93. The number of hydrogen-bond donors (Lipinski definition) is 3. The molecule has 0 bridgehead atoms. The predicted molar refractivity (Wildman–Crippen MR) is 57.4 cm³/mol. The molecule has 0 saturated carbocycles. The first-order chi connectivity index (χ1) is 8.13. The minimum atomic E-state index is -1.13. The van der Waals surface area contributed by atoms with E-state index in [1.807, 2.05) is 0 Å². The van der Waals surface area contributed by atoms with Crippen molar-refractivity contribution in [3.05, 3.63) is 24.2 Å². The fourth-order valence-electron chi connectivity index (χ4n) is 1.10. The summed E-state index contributed by atoms with van der Waals surface area (Å²) in [5.74, 6) is -0.513. The van der Waals surface area contributed by atoms with Crippen LogP contribution in [0.15, 0.2) is 22.8 Å². The number of hydrogen-bond acceptors (Lipinski definition) is 4. The molecule has 0 aliphatic rings. The summed E-state index contributed by atoms with van der Waals surface area (Å²) in [5.41, 5.74) is 0. The molecule has 1 atom stereocenters. The fourth-order valence-corrected chi connectivity index (χ4v) is 1.10. The second-order valence-electron chi connectivity index (χ2n) is 3.21. The van der Waals surface area contributed by atoms with Gasteiger partial charge >= 0.3 is 12.0 Å². The number of carbonyl (C=O) groups excluding carboxylic acids is 1. The Morgan fingerprint density at radius 3 is 2.82 bits per heavy atom. The summed E-state index contributed by atoms with van der Waals surface area (Å²) in [6.07, 6.45) is 0.449. The standard InChI is InChI=1S/C10H14N2O5/c1-16-8(9(13)14)6-12-10(15)11-5-7-3-2-4-17-7/h2-4,8H,5-6H2,1H3,(H,13,14)(H2,11,12,15). The van der Waals surface area contributed by atoms with E-state index in [2.05, 4.69) is 15.4 Å². The molecule has 0 aliphatic carbocycles. The second-order valence-corrected chi connectivity index (χ2v) is 3.21. The molecule has 7 heteroatoms. The van der Waals surface area contributed by atoms with Crippen molar-refractivity contribution in [1.82, 2.24) is 10.6 Å². The van der Waals surface area contributed by atoms with Crippen LogP contribution in [0.3, 0.4) is 0 Å². The Kier molecular flexibility index (Phi) is 5.02. The highest BCUT2D eigenvalue weighted by atomic mass is 16.5. The van der Waals surface area contributed by atoms with Crippen LogP contribution < -0.4 is 10.6 Å². The van der Waals surface area contributed by atoms with Crippen molar-refractivity contribution < 1.29 is 23.8 Å². The van der Waals surface area contributed by atoms with Crippen molar-refractivity contribution >= 4 is 12.0 Å². The maximum absolute atomic E-state index is 11.3. The number of amides is 2. The molecule has 1 unspecified atom stereocenters. The van der Waals surface area contributed by atoms with E-state index < -0.39 is 18.1 Å². The molecule has 0 saturated heterocycles. The molecular weight excluding hydrogens is 228 g/mol. The van der Waals surface area contributed by atoms with E-state index in [-0.39, 0.29) is 13.1 Å². The Hall–Kier alpha value is -2.02. The average Bonchev–Trinajstić information content (AvgIpc) is 2.79. The molecule has 0 spiro atoms. The molecule has 1 aromatic heterocycles. The smallest absolute Gasteiger partial charge is 0.334 e. The molecule has 0 fully saturated rings. The monoisotopic (exact) mass is 242 g/mol. The number of ether oxygens (including phenoxy) is 1. The normalized spacial score (nSPS) is 11.8. The minimum absolute atomic E-state index is 0.101. The van der Waals surface area contributed by atoms with Crippen molar-refractivity contribution in [2.75, 3.05) is 13.7 Å². The number of carboxylic acids is 1. The number of nitrogens with one attached hydrogen (secondary N) is 2. The van der Waals surface area contributed by atoms with Gasteiger partial charge in [-0.2, -0.15) is 0 Å². The van der Waals surface area contributed by atoms with Gasteiger partial charge in [-0.15, -0.1) is 0 Å². The first kappa shape index (κ1) is 13.0. The highest BCUT2D eigenvalue weighted by molar-refractivity contribution is 5.76. The molecule has 0 aromatic carbocycles. The van der Waals surface area contributed by atoms with Gasteiger partial charge in [-0.05, 0) is 12.1 Å². The van der Waals surface area contributed by atoms with Crippen LogP contribution in [0, 0.1) is 0 Å². The summed E-state index contributed by atoms with van der Waals surface area (Å²) in [4.78, 5) is 21.8. The molecular formula is C10H14N2O5. The van der Waals surface area contributed by atoms with Crippen molar-refractivity contribution in [1.29, 1.82) is 0 Å². The zero-order chi connectivity index (χ0) is 12.7. The van der Waals surface area contributed by atoms with E-state index in [1.165, 1.54) is 13.4 Å². The number of aliphatic carboxylic acids is 1. The van der Waals surface area contributed by atoms with Crippen LogP contribution in [0.1, 0.15) is 5.76 Å². The first-order valence-electron chi connectivity index (χ1n) is 4.93. The summed E-state index contributed by atoms with van der Waals surface area (Å²) in [6.45, 7) is 0.138. The highest BCUT2D eigenvalue weighted by Crippen LogP contribution is 1.98. The van der Waals surface area contributed by atoms with E-state index in [1.54, 1.807) is 12.1 Å². The zero-order valence-corrected chi connectivity index (χ0v) is 9.30. The zero-order valence-electron chi connectivity index (χ0n) is 9.30. The van der Waals surface area contributed by atoms with Crippen LogP contribution in [0.5, 0.6) is 0 Å². The van der Waals surface area contributed by atoms with Crippen LogP contribution in [0.4, 0.5) is 4.79 Å². The van der Waals surface area contributed by atoms with Gasteiger partial charge in [0.25, 0.3) is 0 Å². The second kappa shape index (κ2) is 6.54. The van der Waals surface area contributed by atoms with Gasteiger partial charge in [0.2, 0.25) is 0 Å². The number of carbonyl (C=O) groups is 2. The SMILES string of the molecule is COC(CNC(=O)NCc1ccco1)C(=O)O. The maximum Gasteiger partial charge on any atom is 0.334 e. The van der Waals surface area contributed by atoms with Gasteiger partial charge in [0.1, 0.15) is 5.76 Å². The average molecular weight is 242 g/mol. The minimum Gasteiger partial charge on any atom is -0.479 e. The molecule has 0 radical (unpaired) electrons. The number of carboxylic acid groups (broad SMARTS) is 1. The van der Waals surface area contributed by atoms with Gasteiger partial charge in [-0.25, -0.2) is 9.59 Å². The Bertz CT molecular complexity index is 363. The lowest BCUT2D eigenvalue weighted by atomic mass is 10.3. The van der Waals surface area contributed by atoms with Gasteiger partial charge in [0, 0.05) is 7.11 Å². The van der Waals surface area contributed by atoms with Gasteiger partial charge in [-0.3, -0.25) is 0 Å². The van der Waals surface area contributed by atoms with Crippen LogP contribution in [-0.4, -0.2) is 36.9 Å². The van der Waals surface area contributed by atoms with E-state index >= 15 is 0 Å². The summed E-state index contributed by atoms with van der Waals surface area (Å²) >= 11 is 0. The van der Waals surface area contributed by atoms with Gasteiger partial charge in [-0.1, -0.05) is 0 Å². The largest absolute Gasteiger partial charge is 0.479 e. The molecule has 7 nitrogen and oxygen atoms in total. The highest BCUT2D eigenvalue weighted by Gasteiger charge is 2.16. The lowest BCUT2D eigenvalue weighted by Crippen LogP contribution is -2.42. The Balaban J connectivity index is 2.23. The maximum atomic E-state index is 11.3. The van der Waals surface area contributed by atoms with E-state index in [4.69, 9.17) is 9.52 Å². The third-order valence-electron chi connectivity index (χ3n) is 2.01. The van der Waals surface area contributed by atoms with Crippen LogP contribution in [-0.2, 0) is 16.1 Å². The summed E-state index contributed by atoms with van der Waals surface area (Å²) < 4.78 is 9.66. The Morgan fingerprint density at radius 1 is 1.53 bits per heavy atom. The van der Waals surface area contributed by atoms with E-state index in [9.17, 15) is 9.59 Å². The van der Waals surface area contributed by atoms with E-state index in [0.29, 0.717) is 5.76 Å². The molecule has 17 heavy (non-hydrogen) atoms. The lowest BCUT2D eigenvalue weighted by Gasteiger charge is -2.11. The van der Waals surface area contributed by atoms with Crippen LogP contribution in [0.25, 0.3) is 0 Å². The Labute approximate surface area is 97.7 Å². The molecule has 1 aromatic rings. The van der Waals surface area contributed by atoms with E-state index in [0.717, 1.165) is 0 Å². The quantitative estimate of drug-likeness (QED) is 0.660. The number of methoxy groups -OCH3 is 1. The van der Waals surface area contributed by atoms with Crippen molar-refractivity contribution in [2.45, 2.75) is 12.6 Å². The van der Waals surface area contributed by atoms with Gasteiger partial charge < -0.3 is 24.9 Å². The summed E-state index contributed by atoms with van der Waals surface area (Å²) in [7, 11) is 1.27. The summed E-state index contributed by atoms with van der Waals surface area (Å²) in [5, 5.41) is 13.5. The van der Waals surface area contributed by atoms with Crippen LogP contribution >= 0.6 is 0 Å². The van der Waals surface area contributed by atoms with Gasteiger partial charge in [0.15, 0.2) is 6.10 Å². The molecule has 1 heterocycles. The van der Waals surface area contributed by atoms with Crippen molar-refractivity contribution in [3.63, 3.8) is 0 Å². The molecule has 1 rings (SSSR count). The topological polar surface area (TPSA) is 101 Å². The molecule has 3 N–H and O–H groups in total. The molecule has 2 amide bonds.